The SMILES string of the molecule is O=[N+]([O-])C=C1C=C(c2ccccc2)OC(c2ccccc2)=C1. The number of hydrogen-bond acceptors (Lipinski definition) is 3. The Labute approximate surface area is 127 Å². The maximum absolute atomic E-state index is 10.8. The summed E-state index contributed by atoms with van der Waals surface area (Å²) in [5, 5.41) is 10.8. The van der Waals surface area contributed by atoms with Crippen LogP contribution in [0.2, 0.25) is 0 Å². The third kappa shape index (κ3) is 3.12. The number of hydrogen-bond donors (Lipinski definition) is 0. The molecule has 0 aliphatic carbocycles. The van der Waals surface area contributed by atoms with Crippen LogP contribution in [0.25, 0.3) is 11.5 Å². The van der Waals surface area contributed by atoms with Gasteiger partial charge >= 0.3 is 0 Å². The summed E-state index contributed by atoms with van der Waals surface area (Å²) in [6, 6.07) is 19.0. The number of benzene rings is 2. The first kappa shape index (κ1) is 13.8. The first-order valence-electron chi connectivity index (χ1n) is 6.80. The highest BCUT2D eigenvalue weighted by atomic mass is 16.6. The molecule has 2 aromatic rings. The second kappa shape index (κ2) is 6.10. The zero-order chi connectivity index (χ0) is 15.4. The fraction of sp³-hybridized carbons (Fsp3) is 0. The lowest BCUT2D eigenvalue weighted by atomic mass is 10.1. The first-order chi connectivity index (χ1) is 10.7. The van der Waals surface area contributed by atoms with Crippen molar-refractivity contribution in [1.29, 1.82) is 0 Å². The molecule has 0 saturated heterocycles. The molecule has 0 radical (unpaired) electrons. The number of nitrogens with zero attached hydrogens (tertiary/aromatic N) is 1. The standard InChI is InChI=1S/C18H13NO3/c20-19(21)13-14-11-17(15-7-3-1-4-8-15)22-18(12-14)16-9-5-2-6-10-16/h1-13H. The molecule has 0 spiro atoms. The molecule has 0 atom stereocenters. The summed E-state index contributed by atoms with van der Waals surface area (Å²) in [4.78, 5) is 10.3. The summed E-state index contributed by atoms with van der Waals surface area (Å²) in [6.45, 7) is 0. The van der Waals surface area contributed by atoms with Crippen LogP contribution in [0.3, 0.4) is 0 Å². The van der Waals surface area contributed by atoms with Crippen LogP contribution >= 0.6 is 0 Å². The Morgan fingerprint density at radius 2 is 1.27 bits per heavy atom. The highest BCUT2D eigenvalue weighted by Gasteiger charge is 2.16. The van der Waals surface area contributed by atoms with Crippen molar-refractivity contribution in [1.82, 2.24) is 0 Å². The Balaban J connectivity index is 2.03. The number of rotatable bonds is 3. The lowest BCUT2D eigenvalue weighted by Crippen LogP contribution is -2.00. The van der Waals surface area contributed by atoms with Gasteiger partial charge in [-0.05, 0) is 12.2 Å². The van der Waals surface area contributed by atoms with Gasteiger partial charge in [0.2, 0.25) is 6.20 Å². The molecule has 1 aliphatic rings. The van der Waals surface area contributed by atoms with Crippen molar-refractivity contribution in [2.75, 3.05) is 0 Å². The Morgan fingerprint density at radius 3 is 1.68 bits per heavy atom. The molecule has 0 bridgehead atoms. The predicted octanol–water partition coefficient (Wildman–Crippen LogP) is 4.26. The zero-order valence-electron chi connectivity index (χ0n) is 11.7. The van der Waals surface area contributed by atoms with Gasteiger partial charge < -0.3 is 4.74 Å². The molecular formula is C18H13NO3. The zero-order valence-corrected chi connectivity index (χ0v) is 11.7. The van der Waals surface area contributed by atoms with E-state index in [2.05, 4.69) is 0 Å². The number of allylic oxidation sites excluding steroid dienone is 3. The summed E-state index contributed by atoms with van der Waals surface area (Å²) in [6.07, 6.45) is 4.32. The van der Waals surface area contributed by atoms with Gasteiger partial charge in [-0.15, -0.1) is 0 Å². The van der Waals surface area contributed by atoms with E-state index < -0.39 is 4.92 Å². The molecule has 0 unspecified atom stereocenters. The Morgan fingerprint density at radius 1 is 0.818 bits per heavy atom. The van der Waals surface area contributed by atoms with Crippen molar-refractivity contribution in [3.05, 3.63) is 106 Å². The second-order valence-corrected chi connectivity index (χ2v) is 4.77. The minimum Gasteiger partial charge on any atom is -0.456 e. The molecule has 1 aliphatic heterocycles. The molecule has 3 rings (SSSR count). The van der Waals surface area contributed by atoms with Crippen molar-refractivity contribution in [2.45, 2.75) is 0 Å². The molecule has 1 heterocycles. The van der Waals surface area contributed by atoms with E-state index in [-0.39, 0.29) is 0 Å². The highest BCUT2D eigenvalue weighted by Crippen LogP contribution is 2.31. The summed E-state index contributed by atoms with van der Waals surface area (Å²) >= 11 is 0. The maximum Gasteiger partial charge on any atom is 0.241 e. The predicted molar refractivity (Wildman–Crippen MR) is 85.0 cm³/mol. The Bertz CT molecular complexity index is 717. The molecular weight excluding hydrogens is 278 g/mol. The fourth-order valence-corrected chi connectivity index (χ4v) is 2.21. The van der Waals surface area contributed by atoms with E-state index in [1.54, 1.807) is 12.2 Å². The summed E-state index contributed by atoms with van der Waals surface area (Å²) in [7, 11) is 0. The minimum absolute atomic E-state index is 0.459. The summed E-state index contributed by atoms with van der Waals surface area (Å²) < 4.78 is 5.93. The van der Waals surface area contributed by atoms with Crippen molar-refractivity contribution < 1.29 is 9.66 Å². The van der Waals surface area contributed by atoms with E-state index in [0.29, 0.717) is 17.1 Å². The molecule has 0 N–H and O–H groups in total. The van der Waals surface area contributed by atoms with Crippen LogP contribution in [-0.4, -0.2) is 4.92 Å². The van der Waals surface area contributed by atoms with Gasteiger partial charge in [-0.3, -0.25) is 10.1 Å². The molecule has 0 fully saturated rings. The largest absolute Gasteiger partial charge is 0.456 e. The highest BCUT2D eigenvalue weighted by molar-refractivity contribution is 5.77. The Kier molecular flexibility index (Phi) is 3.83. The van der Waals surface area contributed by atoms with Gasteiger partial charge in [0.15, 0.2) is 0 Å². The van der Waals surface area contributed by atoms with Crippen LogP contribution in [-0.2, 0) is 4.74 Å². The molecule has 0 amide bonds. The van der Waals surface area contributed by atoms with Crippen LogP contribution in [0, 0.1) is 10.1 Å². The quantitative estimate of drug-likeness (QED) is 0.627. The number of ether oxygens (including phenoxy) is 1. The van der Waals surface area contributed by atoms with E-state index in [4.69, 9.17) is 4.74 Å². The molecule has 0 saturated carbocycles. The van der Waals surface area contributed by atoms with Crippen LogP contribution in [0.4, 0.5) is 0 Å². The molecule has 4 nitrogen and oxygen atoms in total. The van der Waals surface area contributed by atoms with E-state index >= 15 is 0 Å². The van der Waals surface area contributed by atoms with Gasteiger partial charge in [0, 0.05) is 11.1 Å². The van der Waals surface area contributed by atoms with Crippen LogP contribution in [0.5, 0.6) is 0 Å². The third-order valence-electron chi connectivity index (χ3n) is 3.19. The van der Waals surface area contributed by atoms with E-state index in [1.807, 2.05) is 60.7 Å². The summed E-state index contributed by atoms with van der Waals surface area (Å²) in [5.74, 6) is 1.19. The average molecular weight is 291 g/mol. The van der Waals surface area contributed by atoms with E-state index in [9.17, 15) is 10.1 Å². The van der Waals surface area contributed by atoms with Gasteiger partial charge in [0.1, 0.15) is 11.5 Å². The van der Waals surface area contributed by atoms with Gasteiger partial charge in [0.05, 0.1) is 10.5 Å². The normalized spacial score (nSPS) is 13.7. The lowest BCUT2D eigenvalue weighted by molar-refractivity contribution is -0.403. The van der Waals surface area contributed by atoms with Gasteiger partial charge in [0.25, 0.3) is 0 Å². The van der Waals surface area contributed by atoms with Crippen LogP contribution in [0.1, 0.15) is 11.1 Å². The third-order valence-corrected chi connectivity index (χ3v) is 3.19. The van der Waals surface area contributed by atoms with E-state index in [1.165, 1.54) is 0 Å². The maximum atomic E-state index is 10.8. The monoisotopic (exact) mass is 291 g/mol. The molecule has 0 aromatic heterocycles. The van der Waals surface area contributed by atoms with Crippen molar-refractivity contribution in [3.8, 4) is 0 Å². The van der Waals surface area contributed by atoms with Crippen molar-refractivity contribution in [3.63, 3.8) is 0 Å². The molecule has 108 valence electrons. The van der Waals surface area contributed by atoms with E-state index in [0.717, 1.165) is 17.3 Å². The smallest absolute Gasteiger partial charge is 0.241 e. The second-order valence-electron chi connectivity index (χ2n) is 4.77. The van der Waals surface area contributed by atoms with Gasteiger partial charge in [-0.1, -0.05) is 60.7 Å². The van der Waals surface area contributed by atoms with Gasteiger partial charge in [-0.25, -0.2) is 0 Å². The lowest BCUT2D eigenvalue weighted by Gasteiger charge is -2.18. The molecule has 4 heteroatoms. The topological polar surface area (TPSA) is 52.4 Å². The Hall–Kier alpha value is -3.14. The average Bonchev–Trinajstić information content (AvgIpc) is 2.55. The summed E-state index contributed by atoms with van der Waals surface area (Å²) in [5.41, 5.74) is 2.24. The van der Waals surface area contributed by atoms with Crippen LogP contribution < -0.4 is 0 Å². The molecule has 22 heavy (non-hydrogen) atoms. The fourth-order valence-electron chi connectivity index (χ4n) is 2.21. The first-order valence-corrected chi connectivity index (χ1v) is 6.80. The molecule has 2 aromatic carbocycles. The van der Waals surface area contributed by atoms with Gasteiger partial charge in [-0.2, -0.15) is 0 Å². The number of nitro groups is 1. The van der Waals surface area contributed by atoms with Crippen LogP contribution in [0.15, 0.2) is 84.6 Å². The van der Waals surface area contributed by atoms with Crippen molar-refractivity contribution >= 4 is 11.5 Å². The van der Waals surface area contributed by atoms with Crippen molar-refractivity contribution in [2.24, 2.45) is 0 Å². The minimum atomic E-state index is -0.459.